The van der Waals surface area contributed by atoms with Crippen LogP contribution in [0.15, 0.2) is 69.2 Å². The van der Waals surface area contributed by atoms with Crippen LogP contribution in [0.25, 0.3) is 0 Å². The van der Waals surface area contributed by atoms with Gasteiger partial charge in [0.2, 0.25) is 11.5 Å². The van der Waals surface area contributed by atoms with E-state index in [1.54, 1.807) is 12.2 Å². The monoisotopic (exact) mass is 754 g/mol. The predicted molar refractivity (Wildman–Crippen MR) is 176 cm³/mol. The maximum absolute atomic E-state index is 10.9. The van der Waals surface area contributed by atoms with E-state index in [9.17, 15) is 30.6 Å². The fourth-order valence-corrected chi connectivity index (χ4v) is 5.87. The highest BCUT2D eigenvalue weighted by molar-refractivity contribution is 9.10. The molecule has 8 rings (SSSR count). The van der Waals surface area contributed by atoms with Crippen molar-refractivity contribution >= 4 is 62.3 Å². The van der Waals surface area contributed by atoms with E-state index in [2.05, 4.69) is 15.9 Å². The Kier molecular flexibility index (Phi) is 9.77. The van der Waals surface area contributed by atoms with Gasteiger partial charge < -0.3 is 40.1 Å². The van der Waals surface area contributed by atoms with Crippen molar-refractivity contribution in [2.75, 3.05) is 0 Å². The molecule has 234 valence electrons. The number of rotatable bonds is 0. The van der Waals surface area contributed by atoms with E-state index in [-0.39, 0.29) is 86.2 Å². The van der Waals surface area contributed by atoms with Crippen LogP contribution in [0, 0.1) is 0 Å². The Balaban J connectivity index is 1.61. The number of hydrogen-bond acceptors (Lipinski definition) is 8. The number of allylic oxidation sites excluding steroid dienone is 4. The molecule has 0 saturated carbocycles. The van der Waals surface area contributed by atoms with Crippen molar-refractivity contribution in [1.29, 1.82) is 0 Å². The van der Waals surface area contributed by atoms with Gasteiger partial charge in [-0.05, 0) is 70.2 Å². The lowest BCUT2D eigenvalue weighted by Gasteiger charge is -2.16. The molecule has 6 N–H and O–H groups in total. The van der Waals surface area contributed by atoms with Gasteiger partial charge in [-0.3, -0.25) is 0 Å². The van der Waals surface area contributed by atoms with Gasteiger partial charge in [0, 0.05) is 46.2 Å². The van der Waals surface area contributed by atoms with E-state index >= 15 is 0 Å². The maximum atomic E-state index is 10.9. The van der Waals surface area contributed by atoms with Crippen molar-refractivity contribution in [3.63, 3.8) is 0 Å². The minimum Gasteiger partial charge on any atom is -0.508 e. The Morgan fingerprint density at radius 2 is 1.00 bits per heavy atom. The molecule has 0 unspecified atom stereocenters. The molecule has 0 spiro atoms. The zero-order valence-electron chi connectivity index (χ0n) is 22.9. The third-order valence-corrected chi connectivity index (χ3v) is 8.92. The molecule has 4 aromatic rings. The number of hydrogen-bond donors (Lipinski definition) is 6. The normalized spacial score (nSPS) is 16.1. The van der Waals surface area contributed by atoms with Gasteiger partial charge in [-0.25, -0.2) is 0 Å². The molecule has 8 bridgehead atoms. The molecule has 0 amide bonds. The quantitative estimate of drug-likeness (QED) is 0.104. The van der Waals surface area contributed by atoms with Gasteiger partial charge in [-0.15, -0.1) is 0 Å². The molecule has 0 aliphatic carbocycles. The highest BCUT2D eigenvalue weighted by Crippen LogP contribution is 2.48. The van der Waals surface area contributed by atoms with Crippen molar-refractivity contribution in [3.8, 4) is 57.5 Å². The fraction of sp³-hybridized carbons (Fsp3) is 0.125. The van der Waals surface area contributed by atoms with E-state index in [1.807, 2.05) is 0 Å². The van der Waals surface area contributed by atoms with Crippen LogP contribution in [0.1, 0.15) is 22.3 Å². The fourth-order valence-electron chi connectivity index (χ4n) is 4.59. The largest absolute Gasteiger partial charge is 0.508 e. The van der Waals surface area contributed by atoms with E-state index in [1.165, 1.54) is 42.5 Å². The van der Waals surface area contributed by atoms with Crippen molar-refractivity contribution < 1.29 is 40.1 Å². The van der Waals surface area contributed by atoms with Gasteiger partial charge in [-0.1, -0.05) is 58.6 Å². The minimum atomic E-state index is -0.410. The second kappa shape index (κ2) is 13.4. The molecule has 0 aromatic heterocycles. The highest BCUT2D eigenvalue weighted by Gasteiger charge is 2.21. The molecule has 0 atom stereocenters. The summed E-state index contributed by atoms with van der Waals surface area (Å²) in [4.78, 5) is 0. The van der Waals surface area contributed by atoms with Gasteiger partial charge in [0.1, 0.15) is 23.0 Å². The van der Waals surface area contributed by atoms with Gasteiger partial charge in [0.25, 0.3) is 0 Å². The predicted octanol–water partition coefficient (Wildman–Crippen LogP) is 9.70. The standard InChI is InChI=1S/C32H23BrCl4O8/c33-29-17-8-19(35)4-2-16-10-27(20(36)12-22(16)38)44-31-24(40)6-14(7-25(31)41)5-18(34)3-1-15-11-28(21(37)13-23(15)39)45-32(30(29)43)26(42)9-17/h3-4,6-7,9-13,38-43H,1-2,5,8H2/b18-3+,19-4+. The van der Waals surface area contributed by atoms with Gasteiger partial charge in [0.05, 0.1) is 14.5 Å². The average molecular weight is 757 g/mol. The lowest BCUT2D eigenvalue weighted by atomic mass is 10.1. The van der Waals surface area contributed by atoms with Crippen LogP contribution in [0.2, 0.25) is 10.0 Å². The third kappa shape index (κ3) is 7.29. The van der Waals surface area contributed by atoms with E-state index in [0.717, 1.165) is 0 Å². The molecular weight excluding hydrogens is 734 g/mol. The number of halogens is 5. The van der Waals surface area contributed by atoms with Gasteiger partial charge >= 0.3 is 0 Å². The molecular formula is C32H23BrCl4O8. The van der Waals surface area contributed by atoms with Gasteiger partial charge in [-0.2, -0.15) is 0 Å². The van der Waals surface area contributed by atoms with Crippen LogP contribution in [0.5, 0.6) is 57.5 Å². The second-order valence-electron chi connectivity index (χ2n) is 10.1. The van der Waals surface area contributed by atoms with Crippen LogP contribution < -0.4 is 9.47 Å². The first-order valence-corrected chi connectivity index (χ1v) is 15.5. The summed E-state index contributed by atoms with van der Waals surface area (Å²) in [5, 5.41) is 64.7. The minimum absolute atomic E-state index is 0.0135. The summed E-state index contributed by atoms with van der Waals surface area (Å²) in [5.74, 6) is -2.30. The summed E-state index contributed by atoms with van der Waals surface area (Å²) < 4.78 is 11.8. The van der Waals surface area contributed by atoms with Crippen molar-refractivity contribution in [2.24, 2.45) is 0 Å². The van der Waals surface area contributed by atoms with Crippen LogP contribution in [-0.2, 0) is 25.7 Å². The van der Waals surface area contributed by atoms with Crippen LogP contribution in [0.4, 0.5) is 0 Å². The van der Waals surface area contributed by atoms with Gasteiger partial charge in [0.15, 0.2) is 23.0 Å². The molecule has 8 nitrogen and oxygen atoms in total. The highest BCUT2D eigenvalue weighted by atomic mass is 79.9. The summed E-state index contributed by atoms with van der Waals surface area (Å²) in [7, 11) is 0. The van der Waals surface area contributed by atoms with Crippen LogP contribution in [0.3, 0.4) is 0 Å². The number of ether oxygens (including phenoxy) is 2. The second-order valence-corrected chi connectivity index (χ2v) is 12.7. The number of phenolic OH excluding ortho intramolecular Hbond substituents is 6. The van der Waals surface area contributed by atoms with E-state index in [0.29, 0.717) is 32.3 Å². The lowest BCUT2D eigenvalue weighted by Crippen LogP contribution is -1.95. The summed E-state index contributed by atoms with van der Waals surface area (Å²) in [6, 6.07) is 9.50. The Bertz CT molecular complexity index is 1870. The first-order chi connectivity index (χ1) is 21.3. The van der Waals surface area contributed by atoms with Crippen LogP contribution >= 0.6 is 62.3 Å². The Hall–Kier alpha value is -3.60. The van der Waals surface area contributed by atoms with Crippen molar-refractivity contribution in [1.82, 2.24) is 0 Å². The molecule has 4 heterocycles. The Labute approximate surface area is 285 Å². The smallest absolute Gasteiger partial charge is 0.211 e. The first-order valence-electron chi connectivity index (χ1n) is 13.2. The molecule has 4 aromatic carbocycles. The molecule has 0 saturated heterocycles. The van der Waals surface area contributed by atoms with Crippen molar-refractivity contribution in [3.05, 3.63) is 101 Å². The maximum Gasteiger partial charge on any atom is 0.211 e. The molecule has 45 heavy (non-hydrogen) atoms. The molecule has 0 fully saturated rings. The number of benzene rings is 4. The Morgan fingerprint density at radius 1 is 0.533 bits per heavy atom. The van der Waals surface area contributed by atoms with E-state index in [4.69, 9.17) is 55.9 Å². The summed E-state index contributed by atoms with van der Waals surface area (Å²) in [6.07, 6.45) is 3.66. The SMILES string of the molecule is Oc1cc(Cl)c2cc1C/C=C(/Cl)Cc1cc(O)c(c(O)c1Br)Oc1cc(c(O)cc1Cl)C/C=C(/Cl)Cc1cc(O)c(c(O)c1)O2. The zero-order chi connectivity index (χ0) is 32.6. The number of aromatic hydroxyl groups is 6. The van der Waals surface area contributed by atoms with Crippen molar-refractivity contribution in [2.45, 2.75) is 25.7 Å². The van der Waals surface area contributed by atoms with E-state index < -0.39 is 11.5 Å². The Morgan fingerprint density at radius 3 is 1.53 bits per heavy atom. The number of phenols is 6. The summed E-state index contributed by atoms with van der Waals surface area (Å²) in [5.41, 5.74) is 1.61. The lowest BCUT2D eigenvalue weighted by molar-refractivity contribution is 0.373. The molecule has 4 aliphatic heterocycles. The van der Waals surface area contributed by atoms with Crippen LogP contribution in [-0.4, -0.2) is 30.6 Å². The summed E-state index contributed by atoms with van der Waals surface area (Å²) in [6.45, 7) is 0. The average Bonchev–Trinajstić information content (AvgIpc) is 2.96. The molecule has 13 heteroatoms. The zero-order valence-corrected chi connectivity index (χ0v) is 27.5. The topological polar surface area (TPSA) is 140 Å². The first kappa shape index (κ1) is 32.8. The molecule has 0 radical (unpaired) electrons. The third-order valence-electron chi connectivity index (χ3n) is 6.87. The summed E-state index contributed by atoms with van der Waals surface area (Å²) >= 11 is 28.9. The molecule has 4 aliphatic rings.